The van der Waals surface area contributed by atoms with Crippen LogP contribution in [0.4, 0.5) is 5.69 Å². The van der Waals surface area contributed by atoms with Gasteiger partial charge in [0.1, 0.15) is 11.5 Å². The van der Waals surface area contributed by atoms with Gasteiger partial charge in [0.15, 0.2) is 5.96 Å². The molecule has 3 rings (SSSR count). The Labute approximate surface area is 188 Å². The second-order valence-electron chi connectivity index (χ2n) is 6.58. The van der Waals surface area contributed by atoms with Crippen LogP contribution in [-0.2, 0) is 19.6 Å². The lowest BCUT2D eigenvalue weighted by molar-refractivity contribution is 0.287. The van der Waals surface area contributed by atoms with Crippen LogP contribution in [0, 0.1) is 0 Å². The molecule has 2 aromatic carbocycles. The summed E-state index contributed by atoms with van der Waals surface area (Å²) < 4.78 is 10.7. The number of nitrogens with one attached hydrogen (secondary N) is 1. The third-order valence-electron chi connectivity index (χ3n) is 4.33. The Morgan fingerprint density at radius 2 is 1.86 bits per heavy atom. The van der Waals surface area contributed by atoms with Gasteiger partial charge in [-0.3, -0.25) is 4.90 Å². The van der Waals surface area contributed by atoms with Crippen LogP contribution in [0.5, 0.6) is 5.75 Å². The SMILES string of the molecule is COc1cccc(NC(N)=NCc2ccccc2CN(C)Cc2ccco2)c1.I. The number of furan rings is 1. The topological polar surface area (TPSA) is 76.0 Å². The Balaban J connectivity index is 0.00000300. The fourth-order valence-corrected chi connectivity index (χ4v) is 2.94. The third-order valence-corrected chi connectivity index (χ3v) is 4.33. The second-order valence-corrected chi connectivity index (χ2v) is 6.58. The van der Waals surface area contributed by atoms with Gasteiger partial charge in [-0.1, -0.05) is 30.3 Å². The van der Waals surface area contributed by atoms with Crippen LogP contribution in [0.3, 0.4) is 0 Å². The summed E-state index contributed by atoms with van der Waals surface area (Å²) in [5, 5.41) is 3.10. The molecule has 154 valence electrons. The van der Waals surface area contributed by atoms with Crippen molar-refractivity contribution < 1.29 is 9.15 Å². The molecule has 0 aliphatic heterocycles. The molecule has 3 aromatic rings. The number of nitrogens with zero attached hydrogens (tertiary/aromatic N) is 2. The van der Waals surface area contributed by atoms with Gasteiger partial charge in [0.25, 0.3) is 0 Å². The van der Waals surface area contributed by atoms with Crippen LogP contribution in [0.25, 0.3) is 0 Å². The number of nitrogens with two attached hydrogens (primary N) is 1. The number of hydrogen-bond donors (Lipinski definition) is 2. The Hall–Kier alpha value is -2.52. The summed E-state index contributed by atoms with van der Waals surface area (Å²) in [5.41, 5.74) is 9.26. The van der Waals surface area contributed by atoms with Gasteiger partial charge in [-0.15, -0.1) is 24.0 Å². The lowest BCUT2D eigenvalue weighted by Gasteiger charge is -2.17. The van der Waals surface area contributed by atoms with Crippen molar-refractivity contribution in [3.8, 4) is 5.75 Å². The number of rotatable bonds is 8. The lowest BCUT2D eigenvalue weighted by Crippen LogP contribution is -2.23. The Bertz CT molecular complexity index is 913. The average Bonchev–Trinajstić information content (AvgIpc) is 3.20. The first kappa shape index (κ1) is 22.8. The van der Waals surface area contributed by atoms with Crippen LogP contribution < -0.4 is 15.8 Å². The number of methoxy groups -OCH3 is 1. The molecule has 1 aromatic heterocycles. The minimum Gasteiger partial charge on any atom is -0.497 e. The molecule has 0 saturated carbocycles. The van der Waals surface area contributed by atoms with Crippen molar-refractivity contribution in [1.82, 2.24) is 4.90 Å². The molecular formula is C22H27IN4O2. The van der Waals surface area contributed by atoms with E-state index < -0.39 is 0 Å². The van der Waals surface area contributed by atoms with Gasteiger partial charge in [-0.05, 0) is 42.4 Å². The highest BCUT2D eigenvalue weighted by Gasteiger charge is 2.07. The highest BCUT2D eigenvalue weighted by Crippen LogP contribution is 2.17. The van der Waals surface area contributed by atoms with E-state index in [4.69, 9.17) is 14.9 Å². The molecule has 0 bridgehead atoms. The Kier molecular flexibility index (Phi) is 9.01. The molecular weight excluding hydrogens is 479 g/mol. The summed E-state index contributed by atoms with van der Waals surface area (Å²) in [6.07, 6.45) is 1.70. The van der Waals surface area contributed by atoms with E-state index in [0.29, 0.717) is 12.5 Å². The molecule has 0 radical (unpaired) electrons. The van der Waals surface area contributed by atoms with Gasteiger partial charge in [0, 0.05) is 18.3 Å². The standard InChI is InChI=1S/C22H26N4O2.HI/c1-26(16-21-11-6-12-28-21)15-18-8-4-3-7-17(18)14-24-22(23)25-19-9-5-10-20(13-19)27-2;/h3-13H,14-16H2,1-2H3,(H3,23,24,25);1H. The summed E-state index contributed by atoms with van der Waals surface area (Å²) in [7, 11) is 3.71. The molecule has 1 heterocycles. The van der Waals surface area contributed by atoms with E-state index in [0.717, 1.165) is 35.9 Å². The maximum atomic E-state index is 6.06. The molecule has 0 aliphatic rings. The van der Waals surface area contributed by atoms with E-state index >= 15 is 0 Å². The number of hydrogen-bond acceptors (Lipinski definition) is 4. The smallest absolute Gasteiger partial charge is 0.193 e. The zero-order valence-corrected chi connectivity index (χ0v) is 19.0. The fourth-order valence-electron chi connectivity index (χ4n) is 2.94. The number of guanidine groups is 1. The summed E-state index contributed by atoms with van der Waals surface area (Å²) in [6, 6.07) is 19.7. The average molecular weight is 506 g/mol. The van der Waals surface area contributed by atoms with Crippen LogP contribution in [0.2, 0.25) is 0 Å². The van der Waals surface area contributed by atoms with Gasteiger partial charge < -0.3 is 20.2 Å². The van der Waals surface area contributed by atoms with Crippen molar-refractivity contribution in [3.05, 3.63) is 83.8 Å². The first-order chi connectivity index (χ1) is 13.6. The highest BCUT2D eigenvalue weighted by molar-refractivity contribution is 14.0. The molecule has 0 unspecified atom stereocenters. The molecule has 6 nitrogen and oxygen atoms in total. The predicted octanol–water partition coefficient (Wildman–Crippen LogP) is 4.47. The van der Waals surface area contributed by atoms with Crippen molar-refractivity contribution in [2.24, 2.45) is 10.7 Å². The van der Waals surface area contributed by atoms with E-state index in [1.807, 2.05) is 48.5 Å². The zero-order valence-electron chi connectivity index (χ0n) is 16.7. The van der Waals surface area contributed by atoms with Crippen LogP contribution in [0.1, 0.15) is 16.9 Å². The minimum atomic E-state index is 0. The van der Waals surface area contributed by atoms with Crippen molar-refractivity contribution in [2.45, 2.75) is 19.6 Å². The minimum absolute atomic E-state index is 0. The summed E-state index contributed by atoms with van der Waals surface area (Å²) >= 11 is 0. The quantitative estimate of drug-likeness (QED) is 0.268. The number of aliphatic imine (C=N–C) groups is 1. The zero-order chi connectivity index (χ0) is 19.8. The van der Waals surface area contributed by atoms with Crippen molar-refractivity contribution >= 4 is 35.6 Å². The van der Waals surface area contributed by atoms with Gasteiger partial charge in [-0.2, -0.15) is 0 Å². The first-order valence-corrected chi connectivity index (χ1v) is 9.13. The van der Waals surface area contributed by atoms with Gasteiger partial charge in [0.05, 0.1) is 26.5 Å². The predicted molar refractivity (Wildman–Crippen MR) is 128 cm³/mol. The van der Waals surface area contributed by atoms with E-state index in [1.54, 1.807) is 13.4 Å². The van der Waals surface area contributed by atoms with Gasteiger partial charge in [0.2, 0.25) is 0 Å². The van der Waals surface area contributed by atoms with E-state index in [9.17, 15) is 0 Å². The van der Waals surface area contributed by atoms with E-state index in [-0.39, 0.29) is 24.0 Å². The Morgan fingerprint density at radius 3 is 2.59 bits per heavy atom. The lowest BCUT2D eigenvalue weighted by atomic mass is 10.1. The maximum absolute atomic E-state index is 6.06. The third kappa shape index (κ3) is 7.10. The van der Waals surface area contributed by atoms with Crippen molar-refractivity contribution in [1.29, 1.82) is 0 Å². The normalized spacial score (nSPS) is 11.2. The van der Waals surface area contributed by atoms with Gasteiger partial charge in [-0.25, -0.2) is 4.99 Å². The largest absolute Gasteiger partial charge is 0.497 e. The van der Waals surface area contributed by atoms with Crippen molar-refractivity contribution in [3.63, 3.8) is 0 Å². The molecule has 0 fully saturated rings. The number of halogens is 1. The molecule has 0 saturated heterocycles. The second kappa shape index (κ2) is 11.5. The van der Waals surface area contributed by atoms with Gasteiger partial charge >= 0.3 is 0 Å². The van der Waals surface area contributed by atoms with E-state index in [2.05, 4.69) is 34.4 Å². The van der Waals surface area contributed by atoms with Crippen LogP contribution in [-0.4, -0.2) is 25.0 Å². The molecule has 3 N–H and O–H groups in total. The maximum Gasteiger partial charge on any atom is 0.193 e. The van der Waals surface area contributed by atoms with Crippen LogP contribution in [0.15, 0.2) is 76.3 Å². The number of ether oxygens (including phenoxy) is 1. The molecule has 0 atom stereocenters. The van der Waals surface area contributed by atoms with Crippen molar-refractivity contribution in [2.75, 3.05) is 19.5 Å². The molecule has 0 spiro atoms. The summed E-state index contributed by atoms with van der Waals surface area (Å²) in [6.45, 7) is 2.06. The summed E-state index contributed by atoms with van der Waals surface area (Å²) in [4.78, 5) is 6.70. The molecule has 0 amide bonds. The molecule has 7 heteroatoms. The fraction of sp³-hybridized carbons (Fsp3) is 0.227. The first-order valence-electron chi connectivity index (χ1n) is 9.13. The number of benzene rings is 2. The van der Waals surface area contributed by atoms with Crippen LogP contribution >= 0.6 is 24.0 Å². The Morgan fingerprint density at radius 1 is 1.07 bits per heavy atom. The molecule has 29 heavy (non-hydrogen) atoms. The number of anilines is 1. The summed E-state index contributed by atoms with van der Waals surface area (Å²) in [5.74, 6) is 2.08. The molecule has 0 aliphatic carbocycles. The highest BCUT2D eigenvalue weighted by atomic mass is 127. The monoisotopic (exact) mass is 506 g/mol. The van der Waals surface area contributed by atoms with E-state index in [1.165, 1.54) is 5.56 Å².